The molecule has 0 bridgehead atoms. The lowest BCUT2D eigenvalue weighted by molar-refractivity contribution is -0.139. The van der Waals surface area contributed by atoms with Gasteiger partial charge in [-0.25, -0.2) is 14.2 Å². The third-order valence-corrected chi connectivity index (χ3v) is 4.64. The number of benzene rings is 2. The largest absolute Gasteiger partial charge is 0.457 e. The fraction of sp³-hybridized carbons (Fsp3) is 0.333. The van der Waals surface area contributed by atoms with E-state index < -0.39 is 35.7 Å². The van der Waals surface area contributed by atoms with Crippen LogP contribution in [0.15, 0.2) is 35.3 Å². The molecule has 2 rings (SSSR count). The molecule has 0 saturated carbocycles. The average Bonchev–Trinajstić information content (AvgIpc) is 2.66. The minimum absolute atomic E-state index is 0.190. The van der Waals surface area contributed by atoms with E-state index >= 15 is 0 Å². The molecule has 0 atom stereocenters. The van der Waals surface area contributed by atoms with Gasteiger partial charge < -0.3 is 9.64 Å². The zero-order chi connectivity index (χ0) is 21.8. The Hall–Kier alpha value is -2.90. The Balaban J connectivity index is 2.23. The van der Waals surface area contributed by atoms with Gasteiger partial charge in [-0.3, -0.25) is 0 Å². The fourth-order valence-corrected chi connectivity index (χ4v) is 2.60. The maximum absolute atomic E-state index is 13.9. The van der Waals surface area contributed by atoms with E-state index in [0.717, 1.165) is 30.3 Å². The Labute approximate surface area is 166 Å². The van der Waals surface area contributed by atoms with E-state index in [1.165, 1.54) is 6.07 Å². The summed E-state index contributed by atoms with van der Waals surface area (Å²) in [5, 5.41) is 0. The van der Waals surface area contributed by atoms with Crippen molar-refractivity contribution in [1.29, 1.82) is 0 Å². The van der Waals surface area contributed by atoms with Crippen molar-refractivity contribution >= 4 is 18.0 Å². The van der Waals surface area contributed by atoms with Crippen molar-refractivity contribution in [2.24, 2.45) is 4.99 Å². The van der Waals surface area contributed by atoms with Gasteiger partial charge in [-0.15, -0.1) is 0 Å². The molecule has 156 valence electrons. The average molecular weight is 410 g/mol. The van der Waals surface area contributed by atoms with Crippen LogP contribution in [0.2, 0.25) is 0 Å². The summed E-state index contributed by atoms with van der Waals surface area (Å²) in [5.41, 5.74) is 0.313. The van der Waals surface area contributed by atoms with E-state index in [2.05, 4.69) is 4.99 Å². The van der Waals surface area contributed by atoms with Crippen molar-refractivity contribution in [3.63, 3.8) is 0 Å². The molecular formula is C21H22F4N2O2. The monoisotopic (exact) mass is 410 g/mol. The van der Waals surface area contributed by atoms with Crippen LogP contribution in [0.3, 0.4) is 0 Å². The summed E-state index contributed by atoms with van der Waals surface area (Å²) in [4.78, 5) is 18.6. The molecule has 4 nitrogen and oxygen atoms in total. The number of ether oxygens (including phenoxy) is 1. The van der Waals surface area contributed by atoms with E-state index in [4.69, 9.17) is 4.74 Å². The highest BCUT2D eigenvalue weighted by atomic mass is 19.4. The molecule has 0 amide bonds. The number of hydrogen-bond acceptors (Lipinski definition) is 3. The SMILES string of the molecule is CCN(C)/C=N/c1ccc(C(=O)OCc2c(F)cccc2C(F)(F)F)c(C)c1C. The fourth-order valence-electron chi connectivity index (χ4n) is 2.60. The summed E-state index contributed by atoms with van der Waals surface area (Å²) < 4.78 is 58.1. The van der Waals surface area contributed by atoms with Crippen LogP contribution in [-0.4, -0.2) is 30.8 Å². The summed E-state index contributed by atoms with van der Waals surface area (Å²) >= 11 is 0. The second-order valence-electron chi connectivity index (χ2n) is 6.54. The molecule has 8 heteroatoms. The first kappa shape index (κ1) is 22.4. The van der Waals surface area contributed by atoms with Crippen LogP contribution in [0.4, 0.5) is 23.2 Å². The maximum atomic E-state index is 13.9. The Bertz CT molecular complexity index is 924. The first-order valence-corrected chi connectivity index (χ1v) is 8.92. The van der Waals surface area contributed by atoms with Crippen LogP contribution in [-0.2, 0) is 17.5 Å². The molecule has 0 radical (unpaired) electrons. The van der Waals surface area contributed by atoms with Gasteiger partial charge in [0.15, 0.2) is 0 Å². The maximum Gasteiger partial charge on any atom is 0.416 e. The van der Waals surface area contributed by atoms with Crippen molar-refractivity contribution in [3.8, 4) is 0 Å². The van der Waals surface area contributed by atoms with Gasteiger partial charge in [0.05, 0.1) is 23.2 Å². The molecule has 0 heterocycles. The number of nitrogens with zero attached hydrogens (tertiary/aromatic N) is 2. The van der Waals surface area contributed by atoms with Gasteiger partial charge in [-0.1, -0.05) is 6.07 Å². The highest BCUT2D eigenvalue weighted by molar-refractivity contribution is 5.92. The van der Waals surface area contributed by atoms with Gasteiger partial charge in [0, 0.05) is 19.2 Å². The number of halogens is 4. The van der Waals surface area contributed by atoms with E-state index in [-0.39, 0.29) is 5.56 Å². The predicted molar refractivity (Wildman–Crippen MR) is 103 cm³/mol. The first-order valence-electron chi connectivity index (χ1n) is 8.92. The van der Waals surface area contributed by atoms with Crippen LogP contribution in [0.25, 0.3) is 0 Å². The number of rotatable bonds is 6. The molecule has 0 aliphatic rings. The Morgan fingerprint density at radius 2 is 1.86 bits per heavy atom. The highest BCUT2D eigenvalue weighted by Crippen LogP contribution is 2.33. The van der Waals surface area contributed by atoms with Gasteiger partial charge in [0.25, 0.3) is 0 Å². The van der Waals surface area contributed by atoms with E-state index in [1.54, 1.807) is 26.3 Å². The van der Waals surface area contributed by atoms with Crippen molar-refractivity contribution in [1.82, 2.24) is 4.90 Å². The zero-order valence-corrected chi connectivity index (χ0v) is 16.6. The molecule has 0 fully saturated rings. The van der Waals surface area contributed by atoms with Crippen LogP contribution in [0, 0.1) is 19.7 Å². The smallest absolute Gasteiger partial charge is 0.416 e. The van der Waals surface area contributed by atoms with Crippen LogP contribution >= 0.6 is 0 Å². The lowest BCUT2D eigenvalue weighted by Crippen LogP contribution is -2.15. The molecule has 0 spiro atoms. The van der Waals surface area contributed by atoms with E-state index in [0.29, 0.717) is 11.3 Å². The number of carbonyl (C=O) groups excluding carboxylic acids is 1. The van der Waals surface area contributed by atoms with E-state index in [9.17, 15) is 22.4 Å². The molecule has 29 heavy (non-hydrogen) atoms. The minimum Gasteiger partial charge on any atom is -0.457 e. The number of aliphatic imine (C=N–C) groups is 1. The Morgan fingerprint density at radius 1 is 1.17 bits per heavy atom. The second-order valence-corrected chi connectivity index (χ2v) is 6.54. The summed E-state index contributed by atoms with van der Waals surface area (Å²) in [7, 11) is 1.87. The molecule has 0 N–H and O–H groups in total. The molecule has 0 aliphatic heterocycles. The third kappa shape index (κ3) is 5.34. The zero-order valence-electron chi connectivity index (χ0n) is 16.6. The summed E-state index contributed by atoms with van der Waals surface area (Å²) in [5.74, 6) is -1.91. The molecule has 0 unspecified atom stereocenters. The topological polar surface area (TPSA) is 41.9 Å². The summed E-state index contributed by atoms with van der Waals surface area (Å²) in [6.45, 7) is 5.41. The van der Waals surface area contributed by atoms with Crippen molar-refractivity contribution < 1.29 is 27.1 Å². The highest BCUT2D eigenvalue weighted by Gasteiger charge is 2.34. The number of alkyl halides is 3. The Kier molecular flexibility index (Phi) is 7.00. The van der Waals surface area contributed by atoms with E-state index in [1.807, 2.05) is 18.9 Å². The normalized spacial score (nSPS) is 11.7. The number of hydrogen-bond donors (Lipinski definition) is 0. The lowest BCUT2D eigenvalue weighted by atomic mass is 10.0. The van der Waals surface area contributed by atoms with Crippen LogP contribution in [0.1, 0.15) is 39.5 Å². The quantitative estimate of drug-likeness (QED) is 0.276. The van der Waals surface area contributed by atoms with Crippen molar-refractivity contribution in [2.75, 3.05) is 13.6 Å². The Morgan fingerprint density at radius 3 is 2.48 bits per heavy atom. The molecule has 0 aliphatic carbocycles. The molecule has 2 aromatic carbocycles. The van der Waals surface area contributed by atoms with Gasteiger partial charge in [0.2, 0.25) is 0 Å². The van der Waals surface area contributed by atoms with Gasteiger partial charge >= 0.3 is 12.1 Å². The van der Waals surface area contributed by atoms with Gasteiger partial charge in [0.1, 0.15) is 12.4 Å². The standard InChI is InChI=1S/C21H22F4N2O2/c1-5-27(4)12-26-19-10-9-15(13(2)14(19)3)20(28)29-11-16-17(21(23,24)25)7-6-8-18(16)22/h6-10,12H,5,11H2,1-4H3/b26-12+. The molecule has 0 aromatic heterocycles. The summed E-state index contributed by atoms with van der Waals surface area (Å²) in [6.07, 6.45) is -3.09. The van der Waals surface area contributed by atoms with Gasteiger partial charge in [-0.05, 0) is 56.2 Å². The first-order chi connectivity index (χ1) is 13.6. The van der Waals surface area contributed by atoms with Crippen LogP contribution in [0.5, 0.6) is 0 Å². The predicted octanol–water partition coefficient (Wildman–Crippen LogP) is 5.43. The van der Waals surface area contributed by atoms with Gasteiger partial charge in [-0.2, -0.15) is 13.2 Å². The molecule has 0 saturated heterocycles. The number of carbonyl (C=O) groups is 1. The number of esters is 1. The summed E-state index contributed by atoms with van der Waals surface area (Å²) in [6, 6.07) is 5.74. The third-order valence-electron chi connectivity index (χ3n) is 4.64. The molecule has 2 aromatic rings. The van der Waals surface area contributed by atoms with Crippen molar-refractivity contribution in [3.05, 3.63) is 64.0 Å². The van der Waals surface area contributed by atoms with Crippen LogP contribution < -0.4 is 0 Å². The molecular weight excluding hydrogens is 388 g/mol. The van der Waals surface area contributed by atoms with Crippen molar-refractivity contribution in [2.45, 2.75) is 33.6 Å². The second kappa shape index (κ2) is 9.07. The minimum atomic E-state index is -4.75. The lowest BCUT2D eigenvalue weighted by Gasteiger charge is -2.15.